The number of para-hydroxylation sites is 1. The lowest BCUT2D eigenvalue weighted by Gasteiger charge is -2.17. The summed E-state index contributed by atoms with van der Waals surface area (Å²) in [6, 6.07) is 13.3. The van der Waals surface area contributed by atoms with Gasteiger partial charge in [-0.3, -0.25) is 20.2 Å². The van der Waals surface area contributed by atoms with Crippen LogP contribution in [0.25, 0.3) is 0 Å². The second kappa shape index (κ2) is 8.34. The SMILES string of the molecule is CC[C@H](C)c1ccccc1NC(=S)NC(=O)c1cccc([N+](=O)[O-])c1. The number of carbonyl (C=O) groups is 1. The van der Waals surface area contributed by atoms with E-state index in [4.69, 9.17) is 12.2 Å². The molecule has 2 aromatic carbocycles. The summed E-state index contributed by atoms with van der Waals surface area (Å²) in [6.07, 6.45) is 0.978. The number of thiocarbonyl (C=S) groups is 1. The number of hydrogen-bond acceptors (Lipinski definition) is 4. The van der Waals surface area contributed by atoms with Gasteiger partial charge in [0.1, 0.15) is 0 Å². The van der Waals surface area contributed by atoms with Gasteiger partial charge >= 0.3 is 0 Å². The molecule has 0 saturated carbocycles. The summed E-state index contributed by atoms with van der Waals surface area (Å²) >= 11 is 5.20. The molecule has 0 saturated heterocycles. The number of carbonyl (C=O) groups excluding carboxylic acids is 1. The molecule has 0 aliphatic rings. The first kappa shape index (κ1) is 18.5. The van der Waals surface area contributed by atoms with Gasteiger partial charge in [-0.1, -0.05) is 38.1 Å². The number of nitrogens with one attached hydrogen (secondary N) is 2. The van der Waals surface area contributed by atoms with Crippen molar-refractivity contribution in [1.29, 1.82) is 0 Å². The Morgan fingerprint density at radius 2 is 1.96 bits per heavy atom. The Bertz CT molecular complexity index is 808. The highest BCUT2D eigenvalue weighted by molar-refractivity contribution is 7.80. The standard InChI is InChI=1S/C18H19N3O3S/c1-3-12(2)15-9-4-5-10-16(15)19-18(25)20-17(22)13-7-6-8-14(11-13)21(23)24/h4-12H,3H2,1-2H3,(H2,19,20,22,25)/t12-/m0/s1. The fourth-order valence-electron chi connectivity index (χ4n) is 2.35. The van der Waals surface area contributed by atoms with E-state index in [0.717, 1.165) is 17.7 Å². The van der Waals surface area contributed by atoms with E-state index in [2.05, 4.69) is 24.5 Å². The number of nitrogens with zero attached hydrogens (tertiary/aromatic N) is 1. The quantitative estimate of drug-likeness (QED) is 0.475. The molecular weight excluding hydrogens is 338 g/mol. The molecule has 2 N–H and O–H groups in total. The molecule has 0 spiro atoms. The molecule has 0 aliphatic heterocycles. The van der Waals surface area contributed by atoms with Gasteiger partial charge in [0.05, 0.1) is 4.92 Å². The Kier molecular flexibility index (Phi) is 6.19. The average molecular weight is 357 g/mol. The van der Waals surface area contributed by atoms with E-state index in [-0.39, 0.29) is 16.4 Å². The van der Waals surface area contributed by atoms with Crippen molar-refractivity contribution in [2.45, 2.75) is 26.2 Å². The van der Waals surface area contributed by atoms with Gasteiger partial charge in [0.25, 0.3) is 11.6 Å². The van der Waals surface area contributed by atoms with Crippen LogP contribution in [0.4, 0.5) is 11.4 Å². The predicted molar refractivity (Wildman–Crippen MR) is 102 cm³/mol. The molecule has 130 valence electrons. The fraction of sp³-hybridized carbons (Fsp3) is 0.222. The molecule has 1 atom stereocenters. The molecule has 0 aliphatic carbocycles. The summed E-state index contributed by atoms with van der Waals surface area (Å²) in [7, 11) is 0. The Morgan fingerprint density at radius 3 is 2.64 bits per heavy atom. The summed E-state index contributed by atoms with van der Waals surface area (Å²) < 4.78 is 0. The molecule has 0 bridgehead atoms. The molecule has 0 aromatic heterocycles. The Morgan fingerprint density at radius 1 is 1.24 bits per heavy atom. The Labute approximate surface area is 151 Å². The Hall–Kier alpha value is -2.80. The van der Waals surface area contributed by atoms with Crippen molar-refractivity contribution in [3.05, 3.63) is 69.8 Å². The van der Waals surface area contributed by atoms with Crippen LogP contribution in [-0.4, -0.2) is 15.9 Å². The van der Waals surface area contributed by atoms with Gasteiger partial charge in [0.15, 0.2) is 5.11 Å². The van der Waals surface area contributed by atoms with Gasteiger partial charge in [-0.05, 0) is 42.3 Å². The van der Waals surface area contributed by atoms with E-state index in [1.807, 2.05) is 24.3 Å². The first-order valence-corrected chi connectivity index (χ1v) is 8.29. The molecule has 2 aromatic rings. The van der Waals surface area contributed by atoms with Gasteiger partial charge in [-0.25, -0.2) is 0 Å². The van der Waals surface area contributed by atoms with E-state index in [1.54, 1.807) is 0 Å². The molecule has 0 fully saturated rings. The minimum atomic E-state index is -0.546. The molecular formula is C18H19N3O3S. The van der Waals surface area contributed by atoms with Crippen LogP contribution in [0.3, 0.4) is 0 Å². The number of nitro groups is 1. The predicted octanol–water partition coefficient (Wildman–Crippen LogP) is 4.24. The third-order valence-electron chi connectivity index (χ3n) is 3.90. The molecule has 0 heterocycles. The van der Waals surface area contributed by atoms with Gasteiger partial charge < -0.3 is 5.32 Å². The summed E-state index contributed by atoms with van der Waals surface area (Å²) in [5.74, 6) is -0.152. The highest BCUT2D eigenvalue weighted by atomic mass is 32.1. The normalized spacial score (nSPS) is 11.4. The van der Waals surface area contributed by atoms with Crippen molar-refractivity contribution in [2.24, 2.45) is 0 Å². The molecule has 0 unspecified atom stereocenters. The Balaban J connectivity index is 2.09. The maximum Gasteiger partial charge on any atom is 0.270 e. The smallest absolute Gasteiger partial charge is 0.270 e. The lowest BCUT2D eigenvalue weighted by molar-refractivity contribution is -0.384. The molecule has 6 nitrogen and oxygen atoms in total. The minimum Gasteiger partial charge on any atom is -0.332 e. The number of anilines is 1. The third kappa shape index (κ3) is 4.84. The van der Waals surface area contributed by atoms with Gasteiger partial charge in [-0.15, -0.1) is 0 Å². The summed E-state index contributed by atoms with van der Waals surface area (Å²) in [4.78, 5) is 22.5. The molecule has 25 heavy (non-hydrogen) atoms. The van der Waals surface area contributed by atoms with E-state index in [0.29, 0.717) is 5.92 Å². The molecule has 0 radical (unpaired) electrons. The highest BCUT2D eigenvalue weighted by Crippen LogP contribution is 2.26. The molecule has 7 heteroatoms. The minimum absolute atomic E-state index is 0.145. The maximum absolute atomic E-state index is 12.2. The van der Waals surface area contributed by atoms with Crippen molar-refractivity contribution in [3.8, 4) is 0 Å². The first-order valence-electron chi connectivity index (χ1n) is 7.88. The highest BCUT2D eigenvalue weighted by Gasteiger charge is 2.14. The zero-order chi connectivity index (χ0) is 18.4. The monoisotopic (exact) mass is 357 g/mol. The van der Waals surface area contributed by atoms with Gasteiger partial charge in [0, 0.05) is 23.4 Å². The van der Waals surface area contributed by atoms with Crippen molar-refractivity contribution in [2.75, 3.05) is 5.32 Å². The van der Waals surface area contributed by atoms with Crippen LogP contribution in [0.2, 0.25) is 0 Å². The van der Waals surface area contributed by atoms with E-state index in [1.165, 1.54) is 24.3 Å². The molecule has 1 amide bonds. The fourth-order valence-corrected chi connectivity index (χ4v) is 2.55. The van der Waals surface area contributed by atoms with Crippen LogP contribution >= 0.6 is 12.2 Å². The lowest BCUT2D eigenvalue weighted by Crippen LogP contribution is -2.34. The van der Waals surface area contributed by atoms with Crippen molar-refractivity contribution in [1.82, 2.24) is 5.32 Å². The number of benzene rings is 2. The number of hydrogen-bond donors (Lipinski definition) is 2. The largest absolute Gasteiger partial charge is 0.332 e. The van der Waals surface area contributed by atoms with Gasteiger partial charge in [-0.2, -0.15) is 0 Å². The maximum atomic E-state index is 12.2. The van der Waals surface area contributed by atoms with Crippen LogP contribution in [0.5, 0.6) is 0 Å². The van der Waals surface area contributed by atoms with E-state index in [9.17, 15) is 14.9 Å². The lowest BCUT2D eigenvalue weighted by atomic mass is 9.97. The van der Waals surface area contributed by atoms with Crippen molar-refractivity contribution >= 4 is 34.6 Å². The first-order chi connectivity index (χ1) is 11.9. The van der Waals surface area contributed by atoms with E-state index >= 15 is 0 Å². The van der Waals surface area contributed by atoms with Crippen molar-refractivity contribution in [3.63, 3.8) is 0 Å². The van der Waals surface area contributed by atoms with Crippen LogP contribution in [0.15, 0.2) is 48.5 Å². The summed E-state index contributed by atoms with van der Waals surface area (Å²) in [5, 5.41) is 16.5. The third-order valence-corrected chi connectivity index (χ3v) is 4.10. The second-order valence-electron chi connectivity index (χ2n) is 5.61. The molecule has 2 rings (SSSR count). The summed E-state index contributed by atoms with van der Waals surface area (Å²) in [5.41, 5.74) is 1.97. The van der Waals surface area contributed by atoms with Crippen LogP contribution in [0.1, 0.15) is 42.1 Å². The number of amides is 1. The second-order valence-corrected chi connectivity index (χ2v) is 6.02. The number of rotatable bonds is 5. The zero-order valence-corrected chi connectivity index (χ0v) is 14.8. The van der Waals surface area contributed by atoms with Crippen LogP contribution in [-0.2, 0) is 0 Å². The van der Waals surface area contributed by atoms with Crippen molar-refractivity contribution < 1.29 is 9.72 Å². The zero-order valence-electron chi connectivity index (χ0n) is 14.0. The average Bonchev–Trinajstić information content (AvgIpc) is 2.61. The van der Waals surface area contributed by atoms with Crippen LogP contribution < -0.4 is 10.6 Å². The number of non-ortho nitro benzene ring substituents is 1. The number of nitro benzene ring substituents is 1. The van der Waals surface area contributed by atoms with Gasteiger partial charge in [0.2, 0.25) is 0 Å². The van der Waals surface area contributed by atoms with Crippen LogP contribution in [0, 0.1) is 10.1 Å². The van der Waals surface area contributed by atoms with E-state index < -0.39 is 10.8 Å². The summed E-state index contributed by atoms with van der Waals surface area (Å²) in [6.45, 7) is 4.22. The topological polar surface area (TPSA) is 84.3 Å².